The van der Waals surface area contributed by atoms with Crippen LogP contribution in [-0.2, 0) is 6.42 Å². The Hall–Kier alpha value is -3.32. The Morgan fingerprint density at radius 2 is 1.87 bits per heavy atom. The molecule has 0 aliphatic carbocycles. The minimum absolute atomic E-state index is 0.0146. The second-order valence-corrected chi connectivity index (χ2v) is 8.81. The molecule has 156 valence electrons. The Morgan fingerprint density at radius 3 is 2.52 bits per heavy atom. The van der Waals surface area contributed by atoms with Crippen molar-refractivity contribution >= 4 is 33.3 Å². The molecule has 0 fully saturated rings. The van der Waals surface area contributed by atoms with E-state index in [1.807, 2.05) is 38.1 Å². The van der Waals surface area contributed by atoms with Crippen LogP contribution >= 0.6 is 11.3 Å². The van der Waals surface area contributed by atoms with Gasteiger partial charge in [0, 0.05) is 4.88 Å². The molecule has 0 unspecified atom stereocenters. The predicted molar refractivity (Wildman–Crippen MR) is 119 cm³/mol. The van der Waals surface area contributed by atoms with E-state index in [9.17, 15) is 14.0 Å². The third-order valence-corrected chi connectivity index (χ3v) is 6.83. The molecule has 0 spiro atoms. The van der Waals surface area contributed by atoms with Gasteiger partial charge in [-0.05, 0) is 49.6 Å². The lowest BCUT2D eigenvalue weighted by atomic mass is 9.97. The maximum Gasteiger partial charge on any atom is 0.297 e. The van der Waals surface area contributed by atoms with Crippen molar-refractivity contribution in [1.82, 2.24) is 4.98 Å². The first-order valence-corrected chi connectivity index (χ1v) is 10.8. The number of carbonyl (C=O) groups excluding carboxylic acids is 1. The van der Waals surface area contributed by atoms with Crippen LogP contribution < -0.4 is 10.3 Å². The average molecular weight is 434 g/mol. The van der Waals surface area contributed by atoms with E-state index in [1.165, 1.54) is 28.4 Å². The molecule has 7 heteroatoms. The fraction of sp³-hybridized carbons (Fsp3) is 0.208. The molecule has 5 nitrogen and oxygen atoms in total. The summed E-state index contributed by atoms with van der Waals surface area (Å²) < 4.78 is 19.7. The zero-order valence-electron chi connectivity index (χ0n) is 17.2. The van der Waals surface area contributed by atoms with Gasteiger partial charge in [0.05, 0.1) is 22.7 Å². The standard InChI is InChI=1S/C24H19FN2O3S/c1-4-14-5-7-15(8-6-14)20-19-21(28)17-11-16(25)9-10-18(17)30-22(19)23(29)27(20)24-26-12(2)13(3)31-24/h5-11,20H,4H2,1-3H3/t20-/m1/s1. The Kier molecular flexibility index (Phi) is 4.51. The summed E-state index contributed by atoms with van der Waals surface area (Å²) in [5.74, 6) is -0.966. The van der Waals surface area contributed by atoms with E-state index in [-0.39, 0.29) is 22.3 Å². The lowest BCUT2D eigenvalue weighted by Crippen LogP contribution is -2.29. The SMILES string of the molecule is CCc1ccc([C@@H]2c3c(oc4ccc(F)cc4c3=O)C(=O)N2c2nc(C)c(C)s2)cc1. The van der Waals surface area contributed by atoms with Crippen molar-refractivity contribution < 1.29 is 13.6 Å². The fourth-order valence-corrected chi connectivity index (χ4v) is 4.89. The minimum atomic E-state index is -0.692. The Morgan fingerprint density at radius 1 is 1.13 bits per heavy atom. The van der Waals surface area contributed by atoms with Crippen LogP contribution in [0.1, 0.15) is 50.8 Å². The van der Waals surface area contributed by atoms with Gasteiger partial charge in [-0.2, -0.15) is 0 Å². The van der Waals surface area contributed by atoms with Gasteiger partial charge in [-0.15, -0.1) is 11.3 Å². The molecule has 4 aromatic rings. The number of hydrogen-bond acceptors (Lipinski definition) is 5. The van der Waals surface area contributed by atoms with Crippen LogP contribution in [0.2, 0.25) is 0 Å². The van der Waals surface area contributed by atoms with Gasteiger partial charge >= 0.3 is 0 Å². The summed E-state index contributed by atoms with van der Waals surface area (Å²) in [4.78, 5) is 34.0. The topological polar surface area (TPSA) is 63.4 Å². The number of nitrogens with zero attached hydrogens (tertiary/aromatic N) is 2. The number of thiazole rings is 1. The molecular weight excluding hydrogens is 415 g/mol. The molecule has 2 aromatic carbocycles. The summed E-state index contributed by atoms with van der Waals surface area (Å²) in [6.45, 7) is 5.89. The first-order valence-electron chi connectivity index (χ1n) is 10.0. The number of hydrogen-bond donors (Lipinski definition) is 0. The van der Waals surface area contributed by atoms with Crippen molar-refractivity contribution in [3.05, 3.63) is 91.5 Å². The molecule has 3 heterocycles. The smallest absolute Gasteiger partial charge is 0.297 e. The van der Waals surface area contributed by atoms with Gasteiger partial charge in [-0.1, -0.05) is 31.2 Å². The fourth-order valence-electron chi connectivity index (χ4n) is 3.95. The van der Waals surface area contributed by atoms with Crippen molar-refractivity contribution in [1.29, 1.82) is 0 Å². The molecule has 2 aromatic heterocycles. The van der Waals surface area contributed by atoms with Gasteiger partial charge in [0.25, 0.3) is 5.91 Å². The quantitative estimate of drug-likeness (QED) is 0.438. The highest BCUT2D eigenvalue weighted by Gasteiger charge is 2.45. The van der Waals surface area contributed by atoms with Gasteiger partial charge in [0.15, 0.2) is 10.6 Å². The normalized spacial score (nSPS) is 15.7. The van der Waals surface area contributed by atoms with E-state index in [2.05, 4.69) is 11.9 Å². The Labute approximate surface area is 181 Å². The zero-order valence-corrected chi connectivity index (χ0v) is 18.0. The number of aromatic nitrogens is 1. The van der Waals surface area contributed by atoms with E-state index in [1.54, 1.807) is 0 Å². The third-order valence-electron chi connectivity index (χ3n) is 5.76. The maximum atomic E-state index is 13.9. The van der Waals surface area contributed by atoms with Gasteiger partial charge in [-0.3, -0.25) is 14.5 Å². The Bertz CT molecular complexity index is 1390. The number of aryl methyl sites for hydroxylation is 3. The number of rotatable bonds is 3. The van der Waals surface area contributed by atoms with Crippen LogP contribution in [0, 0.1) is 19.7 Å². The molecule has 0 bridgehead atoms. The number of carbonyl (C=O) groups is 1. The third kappa shape index (κ3) is 2.99. The molecule has 0 saturated heterocycles. The van der Waals surface area contributed by atoms with Crippen LogP contribution in [0.4, 0.5) is 9.52 Å². The van der Waals surface area contributed by atoms with E-state index in [0.717, 1.165) is 34.2 Å². The molecule has 0 radical (unpaired) electrons. The van der Waals surface area contributed by atoms with Crippen molar-refractivity contribution in [2.24, 2.45) is 0 Å². The highest BCUT2D eigenvalue weighted by Crippen LogP contribution is 2.43. The number of amides is 1. The number of benzene rings is 2. The molecule has 1 amide bonds. The van der Waals surface area contributed by atoms with Gasteiger partial charge < -0.3 is 4.42 Å². The monoisotopic (exact) mass is 434 g/mol. The van der Waals surface area contributed by atoms with E-state index >= 15 is 0 Å². The van der Waals surface area contributed by atoms with Crippen LogP contribution in [0.5, 0.6) is 0 Å². The van der Waals surface area contributed by atoms with Gasteiger partial charge in [0.2, 0.25) is 5.76 Å². The molecule has 31 heavy (non-hydrogen) atoms. The van der Waals surface area contributed by atoms with Gasteiger partial charge in [0.1, 0.15) is 11.4 Å². The van der Waals surface area contributed by atoms with Crippen LogP contribution in [0.15, 0.2) is 51.7 Å². The molecule has 1 aliphatic heterocycles. The molecule has 1 aliphatic rings. The highest BCUT2D eigenvalue weighted by molar-refractivity contribution is 7.15. The molecule has 0 N–H and O–H groups in total. The summed E-state index contributed by atoms with van der Waals surface area (Å²) >= 11 is 1.39. The summed E-state index contributed by atoms with van der Waals surface area (Å²) in [6.07, 6.45) is 0.876. The lowest BCUT2D eigenvalue weighted by Gasteiger charge is -2.22. The Balaban J connectivity index is 1.80. The second-order valence-electron chi connectivity index (χ2n) is 7.63. The summed E-state index contributed by atoms with van der Waals surface area (Å²) in [7, 11) is 0. The van der Waals surface area contributed by atoms with Crippen molar-refractivity contribution in [3.63, 3.8) is 0 Å². The molecule has 1 atom stereocenters. The predicted octanol–water partition coefficient (Wildman–Crippen LogP) is 5.32. The minimum Gasteiger partial charge on any atom is -0.450 e. The lowest BCUT2D eigenvalue weighted by molar-refractivity contribution is 0.0971. The van der Waals surface area contributed by atoms with Crippen LogP contribution in [0.3, 0.4) is 0 Å². The van der Waals surface area contributed by atoms with Crippen LogP contribution in [0.25, 0.3) is 11.0 Å². The van der Waals surface area contributed by atoms with E-state index < -0.39 is 23.2 Å². The van der Waals surface area contributed by atoms with Crippen molar-refractivity contribution in [2.75, 3.05) is 4.90 Å². The van der Waals surface area contributed by atoms with Gasteiger partial charge in [-0.25, -0.2) is 9.37 Å². The van der Waals surface area contributed by atoms with Crippen LogP contribution in [-0.4, -0.2) is 10.9 Å². The zero-order chi connectivity index (χ0) is 21.9. The summed E-state index contributed by atoms with van der Waals surface area (Å²) in [5, 5.41) is 0.626. The summed E-state index contributed by atoms with van der Waals surface area (Å²) in [6, 6.07) is 10.9. The second kappa shape index (κ2) is 7.13. The summed E-state index contributed by atoms with van der Waals surface area (Å²) in [5.41, 5.74) is 2.76. The van der Waals surface area contributed by atoms with Crippen molar-refractivity contribution in [3.8, 4) is 0 Å². The maximum absolute atomic E-state index is 13.9. The first kappa shape index (κ1) is 19.6. The van der Waals surface area contributed by atoms with Crippen molar-refractivity contribution in [2.45, 2.75) is 33.2 Å². The molecule has 5 rings (SSSR count). The van der Waals surface area contributed by atoms with E-state index in [0.29, 0.717) is 5.13 Å². The highest BCUT2D eigenvalue weighted by atomic mass is 32.1. The molecular formula is C24H19FN2O3S. The number of anilines is 1. The number of fused-ring (bicyclic) bond motifs is 2. The first-order chi connectivity index (χ1) is 14.9. The molecule has 0 saturated carbocycles. The largest absolute Gasteiger partial charge is 0.450 e. The average Bonchev–Trinajstić information content (AvgIpc) is 3.25. The van der Waals surface area contributed by atoms with E-state index in [4.69, 9.17) is 4.42 Å². The number of halogens is 1.